The summed E-state index contributed by atoms with van der Waals surface area (Å²) < 4.78 is 0. The molecule has 0 radical (unpaired) electrons. The van der Waals surface area contributed by atoms with Gasteiger partial charge in [-0.2, -0.15) is 0 Å². The van der Waals surface area contributed by atoms with Gasteiger partial charge in [-0.1, -0.05) is 11.6 Å². The first-order valence-corrected chi connectivity index (χ1v) is 5.59. The van der Waals surface area contributed by atoms with Gasteiger partial charge >= 0.3 is 5.97 Å². The van der Waals surface area contributed by atoms with Crippen LogP contribution in [0.5, 0.6) is 0 Å². The molecule has 0 unspecified atom stereocenters. The van der Waals surface area contributed by atoms with Crippen LogP contribution in [0.1, 0.15) is 23.3 Å². The van der Waals surface area contributed by atoms with Gasteiger partial charge < -0.3 is 16.2 Å². The fraction of sp³-hybridized carbons (Fsp3) is 0.300. The van der Waals surface area contributed by atoms with Gasteiger partial charge in [-0.05, 0) is 18.6 Å². The Labute approximate surface area is 113 Å². The smallest absolute Gasteiger partial charge is 0.326 e. The lowest BCUT2D eigenvalue weighted by Crippen LogP contribution is -2.41. The molecule has 1 atom stereocenters. The van der Waals surface area contributed by atoms with Crippen molar-refractivity contribution >= 4 is 29.4 Å². The van der Waals surface area contributed by atoms with E-state index in [1.165, 1.54) is 12.1 Å². The second-order valence-corrected chi connectivity index (χ2v) is 4.00. The first kappa shape index (κ1) is 14.8. The van der Waals surface area contributed by atoms with Crippen LogP contribution in [0.15, 0.2) is 12.1 Å². The van der Waals surface area contributed by atoms with Crippen molar-refractivity contribution in [2.45, 2.75) is 18.9 Å². The van der Waals surface area contributed by atoms with E-state index < -0.39 is 23.8 Å². The highest BCUT2D eigenvalue weighted by atomic mass is 35.5. The van der Waals surface area contributed by atoms with E-state index in [9.17, 15) is 14.4 Å². The van der Waals surface area contributed by atoms with Crippen LogP contribution in [0.2, 0.25) is 5.15 Å². The molecular formula is C10H11ClN4O4. The molecule has 1 heterocycles. The number of aliphatic carboxylic acids is 1. The standard InChI is InChI=1S/C10H11ClN4O4/c11-7-3-1-5(14-15-7)9(17)13-6(10(18)19)2-4-8(12)16/h1,3,6H,2,4H2,(H2,12,16)(H,13,17)(H,18,19)/t6-/m0/s1. The van der Waals surface area contributed by atoms with E-state index in [2.05, 4.69) is 15.5 Å². The zero-order chi connectivity index (χ0) is 14.4. The fourth-order valence-electron chi connectivity index (χ4n) is 1.21. The lowest BCUT2D eigenvalue weighted by molar-refractivity contribution is -0.139. The van der Waals surface area contributed by atoms with Gasteiger partial charge in [0.05, 0.1) is 0 Å². The van der Waals surface area contributed by atoms with Gasteiger partial charge in [-0.15, -0.1) is 10.2 Å². The molecule has 0 spiro atoms. The molecule has 1 aromatic rings. The molecule has 0 aliphatic heterocycles. The van der Waals surface area contributed by atoms with Crippen molar-refractivity contribution in [1.82, 2.24) is 15.5 Å². The number of hydrogen-bond donors (Lipinski definition) is 3. The lowest BCUT2D eigenvalue weighted by atomic mass is 10.1. The largest absolute Gasteiger partial charge is 0.480 e. The Morgan fingerprint density at radius 1 is 1.37 bits per heavy atom. The van der Waals surface area contributed by atoms with E-state index in [4.69, 9.17) is 22.4 Å². The number of amides is 2. The topological polar surface area (TPSA) is 135 Å². The van der Waals surface area contributed by atoms with Crippen molar-refractivity contribution in [1.29, 1.82) is 0 Å². The highest BCUT2D eigenvalue weighted by molar-refractivity contribution is 6.29. The molecule has 0 saturated carbocycles. The summed E-state index contributed by atoms with van der Waals surface area (Å²) >= 11 is 5.51. The van der Waals surface area contributed by atoms with Crippen LogP contribution in [-0.4, -0.2) is 39.1 Å². The summed E-state index contributed by atoms with van der Waals surface area (Å²) in [6, 6.07) is 1.43. The van der Waals surface area contributed by atoms with Crippen LogP contribution in [0, 0.1) is 0 Å². The third kappa shape index (κ3) is 4.88. The highest BCUT2D eigenvalue weighted by Gasteiger charge is 2.21. The van der Waals surface area contributed by atoms with Crippen LogP contribution < -0.4 is 11.1 Å². The summed E-state index contributed by atoms with van der Waals surface area (Å²) in [6.07, 6.45) is -0.249. The zero-order valence-electron chi connectivity index (χ0n) is 9.67. The summed E-state index contributed by atoms with van der Waals surface area (Å²) in [5.74, 6) is -2.63. The van der Waals surface area contributed by atoms with E-state index in [1.807, 2.05) is 0 Å². The highest BCUT2D eigenvalue weighted by Crippen LogP contribution is 2.04. The number of nitrogens with one attached hydrogen (secondary N) is 1. The molecule has 9 heteroatoms. The van der Waals surface area contributed by atoms with Gasteiger partial charge in [-0.3, -0.25) is 9.59 Å². The van der Waals surface area contributed by atoms with Crippen molar-refractivity contribution in [3.05, 3.63) is 23.0 Å². The average Bonchev–Trinajstić information content (AvgIpc) is 2.34. The number of aromatic nitrogens is 2. The monoisotopic (exact) mass is 286 g/mol. The third-order valence-electron chi connectivity index (χ3n) is 2.15. The summed E-state index contributed by atoms with van der Waals surface area (Å²) in [5.41, 5.74) is 4.84. The minimum absolute atomic E-state index is 0.0743. The summed E-state index contributed by atoms with van der Waals surface area (Å²) in [5, 5.41) is 18.2. The van der Waals surface area contributed by atoms with Crippen molar-refractivity contribution in [3.63, 3.8) is 0 Å². The minimum atomic E-state index is -1.27. The molecule has 4 N–H and O–H groups in total. The van der Waals surface area contributed by atoms with Gasteiger partial charge in [0.2, 0.25) is 5.91 Å². The van der Waals surface area contributed by atoms with Crippen molar-refractivity contribution in [2.75, 3.05) is 0 Å². The third-order valence-corrected chi connectivity index (χ3v) is 2.35. The maximum atomic E-state index is 11.7. The van der Waals surface area contributed by atoms with Crippen LogP contribution in [0.3, 0.4) is 0 Å². The van der Waals surface area contributed by atoms with Crippen LogP contribution in [0.4, 0.5) is 0 Å². The molecule has 0 aliphatic rings. The van der Waals surface area contributed by atoms with E-state index in [1.54, 1.807) is 0 Å². The number of hydrogen-bond acceptors (Lipinski definition) is 5. The molecule has 1 aromatic heterocycles. The molecule has 2 amide bonds. The summed E-state index contributed by atoms with van der Waals surface area (Å²) in [4.78, 5) is 33.2. The number of nitrogens with two attached hydrogens (primary N) is 1. The van der Waals surface area contributed by atoms with Crippen LogP contribution in [-0.2, 0) is 9.59 Å². The summed E-state index contributed by atoms with van der Waals surface area (Å²) in [7, 11) is 0. The maximum Gasteiger partial charge on any atom is 0.326 e. The molecule has 8 nitrogen and oxygen atoms in total. The molecular weight excluding hydrogens is 276 g/mol. The number of rotatable bonds is 6. The van der Waals surface area contributed by atoms with Crippen LogP contribution >= 0.6 is 11.6 Å². The molecule has 0 aromatic carbocycles. The first-order valence-electron chi connectivity index (χ1n) is 5.21. The zero-order valence-corrected chi connectivity index (χ0v) is 10.4. The fourth-order valence-corrected chi connectivity index (χ4v) is 1.31. The average molecular weight is 287 g/mol. The first-order chi connectivity index (χ1) is 8.90. The van der Waals surface area contributed by atoms with Crippen molar-refractivity contribution in [2.24, 2.45) is 5.73 Å². The SMILES string of the molecule is NC(=O)CC[C@H](NC(=O)c1ccc(Cl)nn1)C(=O)O. The van der Waals surface area contributed by atoms with Gasteiger partial charge in [0.25, 0.3) is 5.91 Å². The number of carbonyl (C=O) groups excluding carboxylic acids is 2. The van der Waals surface area contributed by atoms with E-state index in [0.29, 0.717) is 0 Å². The number of primary amides is 1. The van der Waals surface area contributed by atoms with Gasteiger partial charge in [0, 0.05) is 6.42 Å². The minimum Gasteiger partial charge on any atom is -0.480 e. The Bertz CT molecular complexity index is 491. The Morgan fingerprint density at radius 3 is 2.53 bits per heavy atom. The lowest BCUT2D eigenvalue weighted by Gasteiger charge is -2.12. The second-order valence-electron chi connectivity index (χ2n) is 3.61. The molecule has 0 bridgehead atoms. The van der Waals surface area contributed by atoms with E-state index >= 15 is 0 Å². The quantitative estimate of drug-likeness (QED) is 0.650. The molecule has 0 fully saturated rings. The van der Waals surface area contributed by atoms with Gasteiger partial charge in [-0.25, -0.2) is 4.79 Å². The Balaban J connectivity index is 2.68. The van der Waals surface area contributed by atoms with Crippen LogP contribution in [0.25, 0.3) is 0 Å². The number of nitrogens with zero attached hydrogens (tertiary/aromatic N) is 2. The molecule has 0 aliphatic carbocycles. The maximum absolute atomic E-state index is 11.7. The van der Waals surface area contributed by atoms with Crippen molar-refractivity contribution < 1.29 is 19.5 Å². The number of carboxylic acid groups (broad SMARTS) is 1. The number of carbonyl (C=O) groups is 3. The molecule has 102 valence electrons. The van der Waals surface area contributed by atoms with Gasteiger partial charge in [0.1, 0.15) is 6.04 Å². The van der Waals surface area contributed by atoms with Gasteiger partial charge in [0.15, 0.2) is 10.8 Å². The van der Waals surface area contributed by atoms with Crippen molar-refractivity contribution in [3.8, 4) is 0 Å². The molecule has 19 heavy (non-hydrogen) atoms. The summed E-state index contributed by atoms with van der Waals surface area (Å²) in [6.45, 7) is 0. The second kappa shape index (κ2) is 6.64. The Hall–Kier alpha value is -2.22. The predicted molar refractivity (Wildman–Crippen MR) is 64.4 cm³/mol. The predicted octanol–water partition coefficient (Wildman–Crippen LogP) is -0.422. The van der Waals surface area contributed by atoms with E-state index in [0.717, 1.165) is 0 Å². The number of halogens is 1. The molecule has 1 rings (SSSR count). The number of carboxylic acids is 1. The Kier molecular flexibility index (Phi) is 5.19. The van der Waals surface area contributed by atoms with E-state index in [-0.39, 0.29) is 23.7 Å². The molecule has 0 saturated heterocycles. The normalized spacial score (nSPS) is 11.6. The Morgan fingerprint density at radius 2 is 2.05 bits per heavy atom.